The van der Waals surface area contributed by atoms with E-state index in [-0.39, 0.29) is 11.7 Å². The summed E-state index contributed by atoms with van der Waals surface area (Å²) in [6.07, 6.45) is 2.27. The van der Waals surface area contributed by atoms with Crippen LogP contribution in [0.15, 0.2) is 53.7 Å². The monoisotopic (exact) mass is 455 g/mol. The smallest absolute Gasteiger partial charge is 0.237 e. The lowest BCUT2D eigenvalue weighted by Gasteiger charge is -2.23. The van der Waals surface area contributed by atoms with Crippen molar-refractivity contribution in [3.05, 3.63) is 59.1 Å². The van der Waals surface area contributed by atoms with Crippen LogP contribution in [-0.4, -0.2) is 46.1 Å². The molecule has 1 aromatic heterocycles. The summed E-state index contributed by atoms with van der Waals surface area (Å²) in [5, 5.41) is 10.2. The number of hydrogen-bond acceptors (Lipinski definition) is 5. The molecule has 1 aliphatic rings. The van der Waals surface area contributed by atoms with E-state index in [1.165, 1.54) is 11.8 Å². The standard InChI is InChI=1S/C23H26ClN5OS/c1-3-28(19-12-6-4-10-17(19)2)21(30)16-31-23-26-25-22(27-14-8-9-15-27)29(23)20-13-7-5-11-18(20)24/h4-7,10-13H,3,8-9,14-16H2,1-2H3. The van der Waals surface area contributed by atoms with E-state index >= 15 is 0 Å². The second kappa shape index (κ2) is 9.75. The third-order valence-electron chi connectivity index (χ3n) is 5.45. The van der Waals surface area contributed by atoms with Gasteiger partial charge in [0.25, 0.3) is 0 Å². The van der Waals surface area contributed by atoms with E-state index in [2.05, 4.69) is 15.1 Å². The maximum absolute atomic E-state index is 13.1. The lowest BCUT2D eigenvalue weighted by Crippen LogP contribution is -2.32. The van der Waals surface area contributed by atoms with E-state index in [1.807, 2.05) is 71.8 Å². The van der Waals surface area contributed by atoms with Crippen LogP contribution in [0.4, 0.5) is 11.6 Å². The van der Waals surface area contributed by atoms with Crippen molar-refractivity contribution < 1.29 is 4.79 Å². The second-order valence-electron chi connectivity index (χ2n) is 7.48. The highest BCUT2D eigenvalue weighted by Gasteiger charge is 2.25. The van der Waals surface area contributed by atoms with Gasteiger partial charge in [0.05, 0.1) is 16.5 Å². The first-order valence-electron chi connectivity index (χ1n) is 10.5. The Balaban J connectivity index is 1.60. The number of carbonyl (C=O) groups excluding carboxylic acids is 1. The van der Waals surface area contributed by atoms with Crippen molar-refractivity contribution in [2.75, 3.05) is 35.2 Å². The highest BCUT2D eigenvalue weighted by molar-refractivity contribution is 7.99. The van der Waals surface area contributed by atoms with Gasteiger partial charge in [-0.05, 0) is 50.5 Å². The molecule has 1 fully saturated rings. The van der Waals surface area contributed by atoms with Gasteiger partial charge in [-0.25, -0.2) is 0 Å². The summed E-state index contributed by atoms with van der Waals surface area (Å²) in [4.78, 5) is 17.1. The van der Waals surface area contributed by atoms with Gasteiger partial charge in [0.1, 0.15) is 0 Å². The molecule has 0 saturated carbocycles. The molecule has 1 saturated heterocycles. The topological polar surface area (TPSA) is 54.3 Å². The molecule has 0 spiro atoms. The first-order chi connectivity index (χ1) is 15.1. The van der Waals surface area contributed by atoms with E-state index in [0.717, 1.165) is 48.8 Å². The van der Waals surface area contributed by atoms with Gasteiger partial charge < -0.3 is 9.80 Å². The number of nitrogens with zero attached hydrogens (tertiary/aromatic N) is 5. The van der Waals surface area contributed by atoms with Crippen LogP contribution in [0.25, 0.3) is 5.69 Å². The van der Waals surface area contributed by atoms with Crippen LogP contribution >= 0.6 is 23.4 Å². The van der Waals surface area contributed by atoms with Crippen molar-refractivity contribution in [1.82, 2.24) is 14.8 Å². The number of aromatic nitrogens is 3. The Morgan fingerprint density at radius 3 is 2.52 bits per heavy atom. The summed E-state index contributed by atoms with van der Waals surface area (Å²) in [6.45, 7) is 6.52. The fourth-order valence-electron chi connectivity index (χ4n) is 3.87. The molecule has 8 heteroatoms. The van der Waals surface area contributed by atoms with Crippen LogP contribution in [0.2, 0.25) is 5.02 Å². The van der Waals surface area contributed by atoms with Gasteiger partial charge >= 0.3 is 0 Å². The van der Waals surface area contributed by atoms with Crippen molar-refractivity contribution in [3.63, 3.8) is 0 Å². The molecule has 162 valence electrons. The van der Waals surface area contributed by atoms with Crippen molar-refractivity contribution in [2.45, 2.75) is 31.8 Å². The number of thioether (sulfide) groups is 1. The fourth-order valence-corrected chi connectivity index (χ4v) is 4.91. The summed E-state index contributed by atoms with van der Waals surface area (Å²) >= 11 is 7.92. The minimum Gasteiger partial charge on any atom is -0.341 e. The molecular formula is C23H26ClN5OS. The van der Waals surface area contributed by atoms with Gasteiger partial charge in [-0.15, -0.1) is 10.2 Å². The number of aryl methyl sites for hydroxylation is 1. The molecule has 1 aliphatic heterocycles. The Hall–Kier alpha value is -2.51. The highest BCUT2D eigenvalue weighted by atomic mass is 35.5. The molecule has 1 amide bonds. The van der Waals surface area contributed by atoms with Gasteiger partial charge in [-0.2, -0.15) is 0 Å². The number of anilines is 2. The minimum absolute atomic E-state index is 0.0400. The van der Waals surface area contributed by atoms with Gasteiger partial charge in [0.2, 0.25) is 11.9 Å². The lowest BCUT2D eigenvalue weighted by atomic mass is 10.2. The molecule has 31 heavy (non-hydrogen) atoms. The van der Waals surface area contributed by atoms with Crippen molar-refractivity contribution in [2.24, 2.45) is 0 Å². The number of para-hydroxylation sites is 2. The molecular weight excluding hydrogens is 430 g/mol. The normalized spacial score (nSPS) is 13.6. The molecule has 0 unspecified atom stereocenters. The van der Waals surface area contributed by atoms with Crippen LogP contribution < -0.4 is 9.80 Å². The predicted molar refractivity (Wildman–Crippen MR) is 128 cm³/mol. The average molecular weight is 456 g/mol. The van der Waals surface area contributed by atoms with Gasteiger partial charge in [-0.1, -0.05) is 53.7 Å². The van der Waals surface area contributed by atoms with E-state index in [4.69, 9.17) is 11.6 Å². The van der Waals surface area contributed by atoms with E-state index in [9.17, 15) is 4.79 Å². The van der Waals surface area contributed by atoms with Crippen LogP contribution in [0.3, 0.4) is 0 Å². The van der Waals surface area contributed by atoms with Crippen molar-refractivity contribution in [3.8, 4) is 5.69 Å². The van der Waals surface area contributed by atoms with Crippen LogP contribution in [-0.2, 0) is 4.79 Å². The lowest BCUT2D eigenvalue weighted by molar-refractivity contribution is -0.116. The third kappa shape index (κ3) is 4.57. The quantitative estimate of drug-likeness (QED) is 0.470. The summed E-state index contributed by atoms with van der Waals surface area (Å²) in [7, 11) is 0. The Morgan fingerprint density at radius 1 is 1.10 bits per heavy atom. The van der Waals surface area contributed by atoms with Gasteiger partial charge in [0.15, 0.2) is 5.16 Å². The largest absolute Gasteiger partial charge is 0.341 e. The van der Waals surface area contributed by atoms with Crippen LogP contribution in [0.5, 0.6) is 0 Å². The molecule has 3 aromatic rings. The van der Waals surface area contributed by atoms with Crippen LogP contribution in [0, 0.1) is 6.92 Å². The number of halogens is 1. The minimum atomic E-state index is 0.0400. The molecule has 2 aromatic carbocycles. The van der Waals surface area contributed by atoms with Gasteiger partial charge in [0, 0.05) is 25.3 Å². The molecule has 6 nitrogen and oxygen atoms in total. The third-order valence-corrected chi connectivity index (χ3v) is 6.68. The molecule has 0 aliphatic carbocycles. The Bertz CT molecular complexity index is 1060. The van der Waals surface area contributed by atoms with Gasteiger partial charge in [-0.3, -0.25) is 9.36 Å². The number of carbonyl (C=O) groups is 1. The first-order valence-corrected chi connectivity index (χ1v) is 11.9. The van der Waals surface area contributed by atoms with E-state index < -0.39 is 0 Å². The number of rotatable bonds is 7. The Kier molecular flexibility index (Phi) is 6.83. The SMILES string of the molecule is CCN(C(=O)CSc1nnc(N2CCCC2)n1-c1ccccc1Cl)c1ccccc1C. The summed E-state index contributed by atoms with van der Waals surface area (Å²) in [5.41, 5.74) is 2.86. The number of benzene rings is 2. The zero-order chi connectivity index (χ0) is 21.8. The molecule has 0 N–H and O–H groups in total. The molecule has 0 bridgehead atoms. The van der Waals surface area contributed by atoms with E-state index in [1.54, 1.807) is 0 Å². The Labute approximate surface area is 192 Å². The fraction of sp³-hybridized carbons (Fsp3) is 0.348. The van der Waals surface area contributed by atoms with Crippen LogP contribution in [0.1, 0.15) is 25.3 Å². The van der Waals surface area contributed by atoms with Crippen molar-refractivity contribution in [1.29, 1.82) is 0 Å². The molecule has 4 rings (SSSR count). The predicted octanol–water partition coefficient (Wildman–Crippen LogP) is 4.97. The highest BCUT2D eigenvalue weighted by Crippen LogP contribution is 2.32. The average Bonchev–Trinajstić information content (AvgIpc) is 3.44. The molecule has 0 atom stereocenters. The van der Waals surface area contributed by atoms with E-state index in [0.29, 0.717) is 16.7 Å². The molecule has 0 radical (unpaired) electrons. The number of amides is 1. The zero-order valence-corrected chi connectivity index (χ0v) is 19.4. The molecule has 2 heterocycles. The number of hydrogen-bond donors (Lipinski definition) is 0. The second-order valence-corrected chi connectivity index (χ2v) is 8.83. The zero-order valence-electron chi connectivity index (χ0n) is 17.8. The summed E-state index contributed by atoms with van der Waals surface area (Å²) in [5.74, 6) is 1.09. The van der Waals surface area contributed by atoms with Crippen molar-refractivity contribution >= 4 is 40.9 Å². The summed E-state index contributed by atoms with van der Waals surface area (Å²) in [6, 6.07) is 15.6. The first kappa shape index (κ1) is 21.7. The summed E-state index contributed by atoms with van der Waals surface area (Å²) < 4.78 is 1.98. The maximum Gasteiger partial charge on any atom is 0.237 e. The maximum atomic E-state index is 13.1. The Morgan fingerprint density at radius 2 is 1.81 bits per heavy atom.